The van der Waals surface area contributed by atoms with Crippen molar-refractivity contribution in [3.63, 3.8) is 0 Å². The molecule has 0 saturated carbocycles. The second-order valence-corrected chi connectivity index (χ2v) is 21.9. The van der Waals surface area contributed by atoms with Crippen LogP contribution in [0.15, 0.2) is 0 Å². The molecule has 0 aromatic carbocycles. The summed E-state index contributed by atoms with van der Waals surface area (Å²) < 4.78 is 82.4. The summed E-state index contributed by atoms with van der Waals surface area (Å²) in [6, 6.07) is 1.56. The highest BCUT2D eigenvalue weighted by Gasteiger charge is 2.38. The monoisotopic (exact) mass is 881 g/mol. The minimum absolute atomic E-state index is 0.0273. The first-order valence-electron chi connectivity index (χ1n) is 18.8. The number of rotatable bonds is 35. The maximum Gasteiger partial charge on any atom is 0.500 e. The number of alkyl carbamates (subject to hydrolysis) is 3. The van der Waals surface area contributed by atoms with Gasteiger partial charge in [0.05, 0.1) is 33.0 Å². The van der Waals surface area contributed by atoms with Crippen molar-refractivity contribution in [3.05, 3.63) is 0 Å². The van der Waals surface area contributed by atoms with Crippen molar-refractivity contribution in [2.45, 2.75) is 82.6 Å². The zero-order valence-electron chi connectivity index (χ0n) is 36.1. The molecule has 0 aromatic heterocycles. The third kappa shape index (κ3) is 24.0. The van der Waals surface area contributed by atoms with Gasteiger partial charge in [0.2, 0.25) is 0 Å². The lowest BCUT2D eigenvalue weighted by Crippen LogP contribution is -2.43. The highest BCUT2D eigenvalue weighted by Crippen LogP contribution is 2.16. The Hall–Kier alpha value is -2.02. The SMILES string of the molecule is CO[Si](CCCNC(=O)OC(C)COCC(COCC(C)OC(=O)NCCC[Si](OC)(OC)OC)OCC(C)OC(=O)NCCC[Si](OC)(OC)OC)(OC)OC. The van der Waals surface area contributed by atoms with Crippen LogP contribution < -0.4 is 16.0 Å². The van der Waals surface area contributed by atoms with E-state index in [2.05, 4.69) is 16.0 Å². The normalized spacial score (nSPS) is 14.3. The average Bonchev–Trinajstić information content (AvgIpc) is 3.20. The number of amides is 3. The van der Waals surface area contributed by atoms with Gasteiger partial charge in [0, 0.05) is 102 Å². The van der Waals surface area contributed by atoms with E-state index in [-0.39, 0.29) is 33.0 Å². The summed E-state index contributed by atoms with van der Waals surface area (Å²) >= 11 is 0. The van der Waals surface area contributed by atoms with Crippen LogP contribution in [-0.4, -0.2) is 186 Å². The molecule has 0 spiro atoms. The summed E-state index contributed by atoms with van der Waals surface area (Å²) in [5.74, 6) is 0. The van der Waals surface area contributed by atoms with Gasteiger partial charge in [-0.3, -0.25) is 0 Å². The Morgan fingerprint density at radius 1 is 0.421 bits per heavy atom. The molecule has 0 saturated heterocycles. The standard InChI is InChI=1S/C33H71N3O18Si3/c1-27(52-31(37)34-16-13-19-55(40-4,41-5)42-6)22-49-25-30(51-24-29(3)54-33(39)36-18-15-21-57(46-10,47-11)48-12)26-50-23-28(2)53-32(38)35-17-14-20-56(43-7,44-8)45-9/h27-30H,13-26H2,1-12H3,(H,34,37)(H,35,38)(H,36,39). The summed E-state index contributed by atoms with van der Waals surface area (Å²) in [5.41, 5.74) is 0. The predicted octanol–water partition coefficient (Wildman–Crippen LogP) is 2.55. The lowest BCUT2D eigenvalue weighted by molar-refractivity contribution is -0.0943. The molecule has 0 radical (unpaired) electrons. The number of nitrogens with one attached hydrogen (secondary N) is 3. The van der Waals surface area contributed by atoms with E-state index in [0.717, 1.165) is 0 Å². The van der Waals surface area contributed by atoms with Crippen molar-refractivity contribution in [3.8, 4) is 0 Å². The molecule has 0 aliphatic rings. The third-order valence-electron chi connectivity index (χ3n) is 8.39. The van der Waals surface area contributed by atoms with Crippen LogP contribution in [0.2, 0.25) is 18.1 Å². The fourth-order valence-corrected chi connectivity index (χ4v) is 10.2. The molecule has 0 aromatic rings. The van der Waals surface area contributed by atoms with Gasteiger partial charge in [-0.25, -0.2) is 14.4 Å². The number of carbonyl (C=O) groups is 3. The van der Waals surface area contributed by atoms with Crippen molar-refractivity contribution < 1.29 is 82.6 Å². The van der Waals surface area contributed by atoms with Gasteiger partial charge in [-0.15, -0.1) is 0 Å². The Morgan fingerprint density at radius 2 is 0.684 bits per heavy atom. The molecule has 0 aliphatic carbocycles. The van der Waals surface area contributed by atoms with Crippen LogP contribution >= 0.6 is 0 Å². The van der Waals surface area contributed by atoms with Gasteiger partial charge in [-0.2, -0.15) is 0 Å². The van der Waals surface area contributed by atoms with Crippen LogP contribution in [0.25, 0.3) is 0 Å². The van der Waals surface area contributed by atoms with Gasteiger partial charge in [0.1, 0.15) is 24.4 Å². The molecule has 3 N–H and O–H groups in total. The summed E-state index contributed by atoms with van der Waals surface area (Å²) in [7, 11) is 5.55. The van der Waals surface area contributed by atoms with Gasteiger partial charge < -0.3 is 84.2 Å². The topological polar surface area (TPSA) is 226 Å². The molecule has 0 bridgehead atoms. The minimum atomic E-state index is -2.75. The van der Waals surface area contributed by atoms with Crippen molar-refractivity contribution in [1.29, 1.82) is 0 Å². The summed E-state index contributed by atoms with van der Waals surface area (Å²) in [4.78, 5) is 37.0. The van der Waals surface area contributed by atoms with E-state index < -0.39 is 69.1 Å². The van der Waals surface area contributed by atoms with Gasteiger partial charge in [-0.1, -0.05) is 0 Å². The maximum atomic E-state index is 12.4. The van der Waals surface area contributed by atoms with Crippen LogP contribution in [0.5, 0.6) is 0 Å². The van der Waals surface area contributed by atoms with Gasteiger partial charge >= 0.3 is 44.7 Å². The smallest absolute Gasteiger partial charge is 0.444 e. The predicted molar refractivity (Wildman–Crippen MR) is 212 cm³/mol. The summed E-state index contributed by atoms with van der Waals surface area (Å²) in [5, 5.41) is 8.09. The zero-order valence-corrected chi connectivity index (χ0v) is 39.1. The number of hydrogen-bond donors (Lipinski definition) is 3. The fourth-order valence-electron chi connectivity index (χ4n) is 5.08. The fraction of sp³-hybridized carbons (Fsp3) is 0.909. The van der Waals surface area contributed by atoms with Crippen LogP contribution in [0.1, 0.15) is 40.0 Å². The van der Waals surface area contributed by atoms with Gasteiger partial charge in [-0.05, 0) is 40.0 Å². The van der Waals surface area contributed by atoms with E-state index in [9.17, 15) is 14.4 Å². The summed E-state index contributed by atoms with van der Waals surface area (Å²) in [6.07, 6.45) is -2.53. The van der Waals surface area contributed by atoms with Gasteiger partial charge in [0.15, 0.2) is 0 Å². The average molecular weight is 882 g/mol. The van der Waals surface area contributed by atoms with E-state index in [1.54, 1.807) is 20.8 Å². The third-order valence-corrected chi connectivity index (χ3v) is 16.9. The van der Waals surface area contributed by atoms with E-state index in [1.165, 1.54) is 64.0 Å². The number of ether oxygens (including phenoxy) is 6. The van der Waals surface area contributed by atoms with Crippen molar-refractivity contribution >= 4 is 44.7 Å². The van der Waals surface area contributed by atoms with E-state index in [4.69, 9.17) is 68.3 Å². The molecule has 0 fully saturated rings. The second kappa shape index (κ2) is 31.8. The molecule has 0 rings (SSSR count). The van der Waals surface area contributed by atoms with Crippen LogP contribution in [0.3, 0.4) is 0 Å². The van der Waals surface area contributed by atoms with E-state index in [1.807, 2.05) is 0 Å². The van der Waals surface area contributed by atoms with Crippen molar-refractivity contribution in [1.82, 2.24) is 16.0 Å². The Labute approximate surface area is 342 Å². The van der Waals surface area contributed by atoms with Crippen LogP contribution in [-0.2, 0) is 68.3 Å². The van der Waals surface area contributed by atoms with Crippen molar-refractivity contribution in [2.24, 2.45) is 0 Å². The number of hydrogen-bond acceptors (Lipinski definition) is 18. The second-order valence-electron chi connectivity index (χ2n) is 12.7. The van der Waals surface area contributed by atoms with E-state index >= 15 is 0 Å². The van der Waals surface area contributed by atoms with Crippen molar-refractivity contribution in [2.75, 3.05) is 117 Å². The van der Waals surface area contributed by atoms with E-state index in [0.29, 0.717) is 57.0 Å². The Kier molecular flexibility index (Phi) is 30.7. The zero-order chi connectivity index (χ0) is 43.2. The molecule has 3 amide bonds. The molecule has 3 unspecified atom stereocenters. The maximum absolute atomic E-state index is 12.4. The summed E-state index contributed by atoms with van der Waals surface area (Å²) in [6.45, 7) is 6.34. The van der Waals surface area contributed by atoms with Crippen LogP contribution in [0.4, 0.5) is 14.4 Å². The molecular weight excluding hydrogens is 811 g/mol. The molecular formula is C33H71N3O18Si3. The molecule has 24 heteroatoms. The molecule has 3 atom stereocenters. The first kappa shape index (κ1) is 55.0. The molecule has 0 aliphatic heterocycles. The lowest BCUT2D eigenvalue weighted by atomic mass is 10.3. The Balaban J connectivity index is 4.97. The first-order chi connectivity index (χ1) is 27.2. The first-order valence-corrected chi connectivity index (χ1v) is 24.6. The molecule has 57 heavy (non-hydrogen) atoms. The highest BCUT2D eigenvalue weighted by atomic mass is 28.4. The molecule has 21 nitrogen and oxygen atoms in total. The minimum Gasteiger partial charge on any atom is -0.444 e. The highest BCUT2D eigenvalue weighted by molar-refractivity contribution is 6.61. The quantitative estimate of drug-likeness (QED) is 0.0472. The number of carbonyl (C=O) groups excluding carboxylic acids is 3. The molecule has 338 valence electrons. The van der Waals surface area contributed by atoms with Gasteiger partial charge in [0.25, 0.3) is 0 Å². The lowest BCUT2D eigenvalue weighted by Gasteiger charge is -2.24. The largest absolute Gasteiger partial charge is 0.500 e. The Bertz CT molecular complexity index is 984. The van der Waals surface area contributed by atoms with Crippen LogP contribution in [0, 0.1) is 0 Å². The molecule has 0 heterocycles. The Morgan fingerprint density at radius 3 is 0.947 bits per heavy atom.